The zero-order valence-electron chi connectivity index (χ0n) is 12.3. The van der Waals surface area contributed by atoms with Gasteiger partial charge in [-0.1, -0.05) is 24.3 Å². The van der Waals surface area contributed by atoms with E-state index in [9.17, 15) is 8.78 Å². The van der Waals surface area contributed by atoms with Crippen LogP contribution in [0, 0.1) is 11.6 Å². The summed E-state index contributed by atoms with van der Waals surface area (Å²) in [5, 5.41) is 3.97. The highest BCUT2D eigenvalue weighted by Crippen LogP contribution is 2.15. The van der Waals surface area contributed by atoms with E-state index < -0.39 is 0 Å². The number of hydrogen-bond acceptors (Lipinski definition) is 4. The number of halogens is 2. The minimum atomic E-state index is -0.247. The molecule has 118 valence electrons. The Morgan fingerprint density at radius 1 is 0.870 bits per heavy atom. The Morgan fingerprint density at radius 3 is 2.13 bits per heavy atom. The van der Waals surface area contributed by atoms with Crippen molar-refractivity contribution < 1.29 is 8.78 Å². The summed E-state index contributed by atoms with van der Waals surface area (Å²) < 4.78 is 30.0. The quantitative estimate of drug-likeness (QED) is 0.740. The highest BCUT2D eigenvalue weighted by molar-refractivity contribution is 7.09. The molecular formula is C17H15F2N3S. The summed E-state index contributed by atoms with van der Waals surface area (Å²) in [6.07, 6.45) is 1.36. The van der Waals surface area contributed by atoms with Gasteiger partial charge in [0.2, 0.25) is 5.13 Å². The first-order valence-corrected chi connectivity index (χ1v) is 8.02. The van der Waals surface area contributed by atoms with Crippen LogP contribution in [0.2, 0.25) is 0 Å². The maximum Gasteiger partial charge on any atom is 0.202 e. The molecule has 0 amide bonds. The lowest BCUT2D eigenvalue weighted by molar-refractivity contribution is 0.626. The molecule has 6 heteroatoms. The summed E-state index contributed by atoms with van der Waals surface area (Å²) in [6, 6.07) is 12.8. The summed E-state index contributed by atoms with van der Waals surface area (Å²) in [4.78, 5) is 4.42. The largest absolute Gasteiger partial charge is 0.360 e. The predicted octanol–water partition coefficient (Wildman–Crippen LogP) is 4.06. The second-order valence-electron chi connectivity index (χ2n) is 5.12. The Labute approximate surface area is 137 Å². The van der Waals surface area contributed by atoms with Crippen LogP contribution in [0.25, 0.3) is 0 Å². The van der Waals surface area contributed by atoms with Gasteiger partial charge in [-0.25, -0.2) is 13.8 Å². The number of hydrogen-bond donors (Lipinski definition) is 1. The van der Waals surface area contributed by atoms with E-state index in [4.69, 9.17) is 0 Å². The Bertz CT molecular complexity index is 754. The zero-order chi connectivity index (χ0) is 16.1. The molecule has 1 N–H and O–H groups in total. The lowest BCUT2D eigenvalue weighted by Gasteiger charge is -2.02. The fourth-order valence-electron chi connectivity index (χ4n) is 2.15. The summed E-state index contributed by atoms with van der Waals surface area (Å²) in [5.41, 5.74) is 2.04. The number of anilines is 1. The van der Waals surface area contributed by atoms with Crippen LogP contribution in [0.15, 0.2) is 48.5 Å². The van der Waals surface area contributed by atoms with Gasteiger partial charge in [-0.2, -0.15) is 4.37 Å². The molecule has 0 atom stereocenters. The SMILES string of the molecule is Fc1ccc(CCNc2nc(Cc3ccc(F)cc3)ns2)cc1. The predicted molar refractivity (Wildman–Crippen MR) is 87.7 cm³/mol. The Kier molecular flexibility index (Phi) is 4.92. The van der Waals surface area contributed by atoms with Gasteiger partial charge >= 0.3 is 0 Å². The van der Waals surface area contributed by atoms with Crippen molar-refractivity contribution in [3.8, 4) is 0 Å². The third-order valence-electron chi connectivity index (χ3n) is 3.35. The molecule has 0 unspecified atom stereocenters. The van der Waals surface area contributed by atoms with E-state index >= 15 is 0 Å². The fourth-order valence-corrected chi connectivity index (χ4v) is 2.76. The molecule has 0 saturated heterocycles. The van der Waals surface area contributed by atoms with E-state index in [-0.39, 0.29) is 11.6 Å². The van der Waals surface area contributed by atoms with Crippen molar-refractivity contribution in [2.45, 2.75) is 12.8 Å². The van der Waals surface area contributed by atoms with Crippen LogP contribution >= 0.6 is 11.5 Å². The molecule has 1 aromatic heterocycles. The van der Waals surface area contributed by atoms with Crippen LogP contribution in [0.3, 0.4) is 0 Å². The van der Waals surface area contributed by atoms with E-state index in [0.717, 1.165) is 22.7 Å². The van der Waals surface area contributed by atoms with Gasteiger partial charge in [0.15, 0.2) is 0 Å². The number of rotatable bonds is 6. The molecule has 0 aliphatic heterocycles. The molecule has 0 aliphatic rings. The van der Waals surface area contributed by atoms with Crippen LogP contribution in [0.1, 0.15) is 17.0 Å². The number of benzene rings is 2. The topological polar surface area (TPSA) is 37.8 Å². The van der Waals surface area contributed by atoms with Crippen LogP contribution in [0.5, 0.6) is 0 Å². The molecule has 23 heavy (non-hydrogen) atoms. The van der Waals surface area contributed by atoms with Gasteiger partial charge in [0, 0.05) is 24.5 Å². The zero-order valence-corrected chi connectivity index (χ0v) is 13.1. The van der Waals surface area contributed by atoms with Gasteiger partial charge in [-0.15, -0.1) is 0 Å². The third-order valence-corrected chi connectivity index (χ3v) is 4.06. The highest BCUT2D eigenvalue weighted by Gasteiger charge is 2.05. The molecule has 0 radical (unpaired) electrons. The van der Waals surface area contributed by atoms with E-state index in [1.807, 2.05) is 0 Å². The summed E-state index contributed by atoms with van der Waals surface area (Å²) >= 11 is 1.30. The van der Waals surface area contributed by atoms with Gasteiger partial charge in [0.05, 0.1) is 0 Å². The summed E-state index contributed by atoms with van der Waals surface area (Å²) in [7, 11) is 0. The third kappa shape index (κ3) is 4.56. The van der Waals surface area contributed by atoms with Crippen molar-refractivity contribution in [1.29, 1.82) is 0 Å². The van der Waals surface area contributed by atoms with E-state index in [1.165, 1.54) is 35.8 Å². The molecule has 3 nitrogen and oxygen atoms in total. The monoisotopic (exact) mass is 331 g/mol. The first-order valence-electron chi connectivity index (χ1n) is 7.24. The van der Waals surface area contributed by atoms with Gasteiger partial charge in [-0.3, -0.25) is 0 Å². The molecular weight excluding hydrogens is 316 g/mol. The van der Waals surface area contributed by atoms with Crippen LogP contribution < -0.4 is 5.32 Å². The Balaban J connectivity index is 1.51. The lowest BCUT2D eigenvalue weighted by atomic mass is 10.1. The number of nitrogens with zero attached hydrogens (tertiary/aromatic N) is 2. The molecule has 0 bridgehead atoms. The maximum atomic E-state index is 12.9. The minimum absolute atomic E-state index is 0.226. The number of nitrogens with one attached hydrogen (secondary N) is 1. The average molecular weight is 331 g/mol. The van der Waals surface area contributed by atoms with Crippen molar-refractivity contribution in [3.63, 3.8) is 0 Å². The molecule has 3 aromatic rings. The standard InChI is InChI=1S/C17H15F2N3S/c18-14-5-1-12(2-6-14)9-10-20-17-21-16(22-23-17)11-13-3-7-15(19)8-4-13/h1-8H,9-11H2,(H,20,21,22). The van der Waals surface area contributed by atoms with Crippen molar-refractivity contribution in [1.82, 2.24) is 9.36 Å². The van der Waals surface area contributed by atoms with Crippen molar-refractivity contribution in [2.75, 3.05) is 11.9 Å². The summed E-state index contributed by atoms with van der Waals surface area (Å²) in [6.45, 7) is 0.705. The van der Waals surface area contributed by atoms with E-state index in [2.05, 4.69) is 14.7 Å². The van der Waals surface area contributed by atoms with Crippen molar-refractivity contribution >= 4 is 16.7 Å². The molecule has 2 aromatic carbocycles. The fraction of sp³-hybridized carbons (Fsp3) is 0.176. The Hall–Kier alpha value is -2.34. The van der Waals surface area contributed by atoms with E-state index in [1.54, 1.807) is 24.3 Å². The van der Waals surface area contributed by atoms with Crippen molar-refractivity contribution in [2.24, 2.45) is 0 Å². The molecule has 3 rings (SSSR count). The molecule has 0 aliphatic carbocycles. The van der Waals surface area contributed by atoms with Crippen LogP contribution in [-0.2, 0) is 12.8 Å². The number of aromatic nitrogens is 2. The van der Waals surface area contributed by atoms with Crippen LogP contribution in [-0.4, -0.2) is 15.9 Å². The summed E-state index contributed by atoms with van der Waals surface area (Å²) in [5.74, 6) is 0.241. The van der Waals surface area contributed by atoms with Gasteiger partial charge < -0.3 is 5.32 Å². The first-order chi connectivity index (χ1) is 11.2. The van der Waals surface area contributed by atoms with Gasteiger partial charge in [0.25, 0.3) is 0 Å². The highest BCUT2D eigenvalue weighted by atomic mass is 32.1. The second-order valence-corrected chi connectivity index (χ2v) is 5.87. The normalized spacial score (nSPS) is 10.7. The molecule has 0 saturated carbocycles. The van der Waals surface area contributed by atoms with Crippen LogP contribution in [0.4, 0.5) is 13.9 Å². The average Bonchev–Trinajstić information content (AvgIpc) is 2.99. The molecule has 1 heterocycles. The van der Waals surface area contributed by atoms with Crippen molar-refractivity contribution in [3.05, 3.63) is 77.1 Å². The first kappa shape index (κ1) is 15.6. The maximum absolute atomic E-state index is 12.9. The second kappa shape index (κ2) is 7.28. The van der Waals surface area contributed by atoms with E-state index in [0.29, 0.717) is 18.8 Å². The lowest BCUT2D eigenvalue weighted by Crippen LogP contribution is -2.04. The van der Waals surface area contributed by atoms with Gasteiger partial charge in [0.1, 0.15) is 17.5 Å². The Morgan fingerprint density at radius 2 is 1.48 bits per heavy atom. The molecule has 0 fully saturated rings. The smallest absolute Gasteiger partial charge is 0.202 e. The molecule has 0 spiro atoms. The van der Waals surface area contributed by atoms with Gasteiger partial charge in [-0.05, 0) is 41.8 Å². The minimum Gasteiger partial charge on any atom is -0.360 e.